The third-order valence-corrected chi connectivity index (χ3v) is 3.63. The van der Waals surface area contributed by atoms with Crippen molar-refractivity contribution in [2.24, 2.45) is 0 Å². The molecule has 0 N–H and O–H groups in total. The van der Waals surface area contributed by atoms with Crippen molar-refractivity contribution in [3.05, 3.63) is 0 Å². The second kappa shape index (κ2) is 12.7. The monoisotopic (exact) mass is 341 g/mol. The summed E-state index contributed by atoms with van der Waals surface area (Å²) < 4.78 is 47.0. The molecule has 0 heterocycles. The van der Waals surface area contributed by atoms with Gasteiger partial charge in [-0.05, 0) is 12.8 Å². The first-order valence-electron chi connectivity index (χ1n) is 7.48. The van der Waals surface area contributed by atoms with E-state index in [9.17, 15) is 22.9 Å². The van der Waals surface area contributed by atoms with E-state index < -0.39 is 45.4 Å². The van der Waals surface area contributed by atoms with Crippen molar-refractivity contribution in [3.8, 4) is 0 Å². The van der Waals surface area contributed by atoms with Crippen LogP contribution in [0.5, 0.6) is 0 Å². The molecule has 0 aliphatic carbocycles. The van der Waals surface area contributed by atoms with Gasteiger partial charge in [0, 0.05) is 4.57 Å². The van der Waals surface area contributed by atoms with Crippen LogP contribution in [0, 0.1) is 0 Å². The van der Waals surface area contributed by atoms with E-state index in [1.165, 1.54) is 0 Å². The number of ketones is 2. The number of hydrogen-bond acceptors (Lipinski definition) is 5. The Hall–Kier alpha value is -0.780. The molecule has 0 aromatic heterocycles. The van der Waals surface area contributed by atoms with Crippen molar-refractivity contribution in [3.63, 3.8) is 0 Å². The molecule has 0 amide bonds. The summed E-state index contributed by atoms with van der Waals surface area (Å²) in [4.78, 5) is 22.6. The first kappa shape index (κ1) is 21.2. The first-order valence-corrected chi connectivity index (χ1v) is 8.58. The summed E-state index contributed by atoms with van der Waals surface area (Å²) >= 11 is 0. The van der Waals surface area contributed by atoms with E-state index in [0.717, 1.165) is 12.8 Å². The summed E-state index contributed by atoms with van der Waals surface area (Å²) in [5.74, 6) is -1.64. The molecule has 0 aliphatic heterocycles. The van der Waals surface area contributed by atoms with Crippen molar-refractivity contribution in [2.45, 2.75) is 64.7 Å². The van der Waals surface area contributed by atoms with Crippen molar-refractivity contribution < 1.29 is 32.0 Å². The minimum absolute atomic E-state index is 0.0930. The van der Waals surface area contributed by atoms with Crippen LogP contribution in [0.3, 0.4) is 0 Å². The van der Waals surface area contributed by atoms with Gasteiger partial charge in [-0.2, -0.15) is 0 Å². The maximum Gasteiger partial charge on any atom is 0.698 e. The molecule has 0 saturated heterocycles. The highest BCUT2D eigenvalue weighted by Crippen LogP contribution is 2.24. The molecular formula is C14H24F2O5P+. The molecule has 0 radical (unpaired) electrons. The Morgan fingerprint density at radius 2 is 1.27 bits per heavy atom. The highest BCUT2D eigenvalue weighted by Gasteiger charge is 2.28. The Bertz CT molecular complexity index is 333. The zero-order valence-corrected chi connectivity index (χ0v) is 14.0. The lowest BCUT2D eigenvalue weighted by Crippen LogP contribution is -2.21. The average Bonchev–Trinajstić information content (AvgIpc) is 2.52. The van der Waals surface area contributed by atoms with Crippen LogP contribution in [0.1, 0.15) is 52.4 Å². The van der Waals surface area contributed by atoms with Gasteiger partial charge in [-0.15, -0.1) is 9.05 Å². The molecule has 128 valence electrons. The topological polar surface area (TPSA) is 69.7 Å². The minimum Gasteiger partial charge on any atom is -0.294 e. The second-order valence-electron chi connectivity index (χ2n) is 4.92. The normalized spacial score (nSPS) is 14.5. The van der Waals surface area contributed by atoms with Crippen molar-refractivity contribution >= 4 is 19.8 Å². The van der Waals surface area contributed by atoms with Gasteiger partial charge in [0.25, 0.3) is 0 Å². The van der Waals surface area contributed by atoms with Crippen LogP contribution in [0.15, 0.2) is 0 Å². The van der Waals surface area contributed by atoms with Crippen LogP contribution < -0.4 is 0 Å². The Morgan fingerprint density at radius 1 is 0.909 bits per heavy atom. The standard InChI is InChI=1S/C14H24F2O5P/c1-3-5-7-11(15)13(17)9-20-22(19)21-10-14(18)12(16)8-6-4-2/h11-12H,3-10H2,1-2H3/q+1. The first-order chi connectivity index (χ1) is 10.4. The van der Waals surface area contributed by atoms with E-state index >= 15 is 0 Å². The molecular weight excluding hydrogens is 317 g/mol. The Morgan fingerprint density at radius 3 is 1.59 bits per heavy atom. The number of Topliss-reactive ketones (excluding diaryl/α,β-unsaturated/α-hetero) is 2. The summed E-state index contributed by atoms with van der Waals surface area (Å²) in [5.41, 5.74) is 0. The second-order valence-corrected chi connectivity index (χ2v) is 5.89. The van der Waals surface area contributed by atoms with E-state index in [4.69, 9.17) is 0 Å². The van der Waals surface area contributed by atoms with Gasteiger partial charge in [0.2, 0.25) is 0 Å². The molecule has 0 aromatic carbocycles. The SMILES string of the molecule is CCCCC(F)C(=O)CO[P+](=O)OCC(=O)C(F)CCCC. The fourth-order valence-corrected chi connectivity index (χ4v) is 2.08. The van der Waals surface area contributed by atoms with Crippen molar-refractivity contribution in [2.75, 3.05) is 13.2 Å². The van der Waals surface area contributed by atoms with Crippen LogP contribution in [0.2, 0.25) is 0 Å². The summed E-state index contributed by atoms with van der Waals surface area (Å²) in [6, 6.07) is 0. The molecule has 2 unspecified atom stereocenters. The van der Waals surface area contributed by atoms with Crippen LogP contribution >= 0.6 is 8.25 Å². The zero-order chi connectivity index (χ0) is 17.0. The largest absolute Gasteiger partial charge is 0.698 e. The lowest BCUT2D eigenvalue weighted by atomic mass is 10.1. The third kappa shape index (κ3) is 10.0. The molecule has 0 aromatic rings. The van der Waals surface area contributed by atoms with Crippen LogP contribution in [0.4, 0.5) is 8.78 Å². The minimum atomic E-state index is -2.75. The number of rotatable bonds is 14. The Balaban J connectivity index is 3.90. The molecule has 5 nitrogen and oxygen atoms in total. The quantitative estimate of drug-likeness (QED) is 0.449. The molecule has 0 spiro atoms. The van der Waals surface area contributed by atoms with E-state index in [0.29, 0.717) is 12.8 Å². The van der Waals surface area contributed by atoms with Crippen LogP contribution in [-0.4, -0.2) is 37.1 Å². The summed E-state index contributed by atoms with van der Waals surface area (Å²) in [5, 5.41) is 0. The lowest BCUT2D eigenvalue weighted by molar-refractivity contribution is -0.126. The molecule has 0 bridgehead atoms. The fourth-order valence-electron chi connectivity index (χ4n) is 1.54. The lowest BCUT2D eigenvalue weighted by Gasteiger charge is -2.03. The number of alkyl halides is 2. The van der Waals surface area contributed by atoms with E-state index in [2.05, 4.69) is 9.05 Å². The highest BCUT2D eigenvalue weighted by molar-refractivity contribution is 7.33. The molecule has 0 rings (SSSR count). The Labute approximate surface area is 130 Å². The van der Waals surface area contributed by atoms with Crippen molar-refractivity contribution in [1.29, 1.82) is 0 Å². The van der Waals surface area contributed by atoms with Gasteiger partial charge < -0.3 is 0 Å². The maximum atomic E-state index is 13.3. The molecule has 8 heteroatoms. The van der Waals surface area contributed by atoms with Crippen LogP contribution in [0.25, 0.3) is 0 Å². The molecule has 0 aliphatic rings. The highest BCUT2D eigenvalue weighted by atomic mass is 31.1. The molecule has 22 heavy (non-hydrogen) atoms. The third-order valence-electron chi connectivity index (χ3n) is 2.95. The van der Waals surface area contributed by atoms with Gasteiger partial charge in [-0.25, -0.2) is 8.78 Å². The summed E-state index contributed by atoms with van der Waals surface area (Å²) in [7, 11) is -2.75. The molecule has 0 saturated carbocycles. The van der Waals surface area contributed by atoms with Gasteiger partial charge in [0.05, 0.1) is 0 Å². The van der Waals surface area contributed by atoms with Crippen molar-refractivity contribution in [1.82, 2.24) is 0 Å². The summed E-state index contributed by atoms with van der Waals surface area (Å²) in [6.45, 7) is 2.36. The number of carbonyl (C=O) groups excluding carboxylic acids is 2. The van der Waals surface area contributed by atoms with E-state index in [-0.39, 0.29) is 12.8 Å². The fraction of sp³-hybridized carbons (Fsp3) is 0.857. The van der Waals surface area contributed by atoms with E-state index in [1.807, 2.05) is 13.8 Å². The zero-order valence-electron chi connectivity index (χ0n) is 13.1. The molecule has 2 atom stereocenters. The number of halogens is 2. The predicted octanol–water partition coefficient (Wildman–Crippen LogP) is 3.87. The smallest absolute Gasteiger partial charge is 0.294 e. The van der Waals surface area contributed by atoms with E-state index in [1.54, 1.807) is 0 Å². The van der Waals surface area contributed by atoms with Gasteiger partial charge in [-0.1, -0.05) is 39.5 Å². The van der Waals surface area contributed by atoms with Gasteiger partial charge in [0.1, 0.15) is 0 Å². The number of hydrogen-bond donors (Lipinski definition) is 0. The van der Waals surface area contributed by atoms with Gasteiger partial charge >= 0.3 is 8.25 Å². The average molecular weight is 341 g/mol. The molecule has 0 fully saturated rings. The number of carbonyl (C=O) groups is 2. The van der Waals surface area contributed by atoms with Crippen LogP contribution in [-0.2, 0) is 23.2 Å². The Kier molecular flexibility index (Phi) is 12.3. The van der Waals surface area contributed by atoms with Gasteiger partial charge in [0.15, 0.2) is 37.1 Å². The van der Waals surface area contributed by atoms with Gasteiger partial charge in [-0.3, -0.25) is 9.59 Å². The predicted molar refractivity (Wildman–Crippen MR) is 78.4 cm³/mol. The number of unbranched alkanes of at least 4 members (excludes halogenated alkanes) is 2. The maximum absolute atomic E-state index is 13.3. The summed E-state index contributed by atoms with van der Waals surface area (Å²) in [6.07, 6.45) is -0.471.